The normalized spacial score (nSPS) is 9.62. The largest absolute Gasteiger partial charge is 0.469 e. The van der Waals surface area contributed by atoms with Crippen molar-refractivity contribution in [1.82, 2.24) is 0 Å². The van der Waals surface area contributed by atoms with Gasteiger partial charge in [0.15, 0.2) is 0 Å². The average molecular weight is 284 g/mol. The number of ether oxygens (including phenoxy) is 1. The molecule has 0 amide bonds. The highest BCUT2D eigenvalue weighted by Gasteiger charge is 2.13. The Labute approximate surface area is 102 Å². The third-order valence-electron chi connectivity index (χ3n) is 2.14. The van der Waals surface area contributed by atoms with E-state index in [0.717, 1.165) is 0 Å². The lowest BCUT2D eigenvalue weighted by Gasteiger charge is -2.09. The quantitative estimate of drug-likeness (QED) is 0.854. The van der Waals surface area contributed by atoms with Crippen molar-refractivity contribution < 1.29 is 14.6 Å². The molecule has 0 radical (unpaired) electrons. The van der Waals surface area contributed by atoms with E-state index >= 15 is 0 Å². The number of benzene rings is 1. The molecule has 0 saturated carbocycles. The number of hydrogen-bond acceptors (Lipinski definition) is 4. The molecule has 1 aromatic rings. The Morgan fingerprint density at radius 2 is 2.31 bits per heavy atom. The fourth-order valence-corrected chi connectivity index (χ4v) is 1.96. The van der Waals surface area contributed by atoms with E-state index in [1.807, 2.05) is 6.07 Å². The van der Waals surface area contributed by atoms with E-state index in [0.29, 0.717) is 21.2 Å². The first kappa shape index (κ1) is 12.7. The van der Waals surface area contributed by atoms with Gasteiger partial charge in [-0.1, -0.05) is 15.9 Å². The molecule has 0 heterocycles. The van der Waals surface area contributed by atoms with Crippen molar-refractivity contribution in [3.05, 3.63) is 33.3 Å². The summed E-state index contributed by atoms with van der Waals surface area (Å²) >= 11 is 3.27. The fraction of sp³-hybridized carbons (Fsp3) is 0.273. The summed E-state index contributed by atoms with van der Waals surface area (Å²) in [7, 11) is 1.30. The Kier molecular flexibility index (Phi) is 4.47. The fourth-order valence-electron chi connectivity index (χ4n) is 1.31. The van der Waals surface area contributed by atoms with E-state index in [9.17, 15) is 4.79 Å². The van der Waals surface area contributed by atoms with Gasteiger partial charge >= 0.3 is 5.97 Å². The summed E-state index contributed by atoms with van der Waals surface area (Å²) in [6.45, 7) is -0.222. The monoisotopic (exact) mass is 283 g/mol. The molecule has 0 aliphatic rings. The Balaban J connectivity index is 3.17. The van der Waals surface area contributed by atoms with Crippen LogP contribution in [-0.4, -0.2) is 18.2 Å². The number of aliphatic hydroxyl groups is 1. The van der Waals surface area contributed by atoms with Crippen LogP contribution in [0.5, 0.6) is 0 Å². The number of nitriles is 1. The number of carbonyl (C=O) groups is 1. The topological polar surface area (TPSA) is 70.3 Å². The van der Waals surface area contributed by atoms with Gasteiger partial charge in [0, 0.05) is 4.47 Å². The summed E-state index contributed by atoms with van der Waals surface area (Å²) in [6.07, 6.45) is 0.0681. The van der Waals surface area contributed by atoms with Crippen LogP contribution >= 0.6 is 15.9 Å². The first-order valence-corrected chi connectivity index (χ1v) is 5.30. The minimum Gasteiger partial charge on any atom is -0.469 e. The van der Waals surface area contributed by atoms with Crippen molar-refractivity contribution in [2.45, 2.75) is 13.0 Å². The number of carbonyl (C=O) groups excluding carboxylic acids is 1. The maximum atomic E-state index is 11.2. The first-order chi connectivity index (χ1) is 7.62. The molecular weight excluding hydrogens is 274 g/mol. The third-order valence-corrected chi connectivity index (χ3v) is 2.84. The maximum Gasteiger partial charge on any atom is 0.310 e. The number of hydrogen-bond donors (Lipinski definition) is 1. The highest BCUT2D eigenvalue weighted by molar-refractivity contribution is 9.10. The van der Waals surface area contributed by atoms with E-state index < -0.39 is 0 Å². The molecule has 0 unspecified atom stereocenters. The number of rotatable bonds is 3. The third kappa shape index (κ3) is 2.81. The summed E-state index contributed by atoms with van der Waals surface area (Å²) in [6, 6.07) is 5.15. The Morgan fingerprint density at radius 3 is 2.81 bits per heavy atom. The molecule has 0 aliphatic carbocycles. The van der Waals surface area contributed by atoms with Gasteiger partial charge in [-0.25, -0.2) is 0 Å². The predicted octanol–water partition coefficient (Wildman–Crippen LogP) is 1.53. The van der Waals surface area contributed by atoms with E-state index in [1.165, 1.54) is 7.11 Å². The van der Waals surface area contributed by atoms with Gasteiger partial charge in [0.1, 0.15) is 0 Å². The van der Waals surface area contributed by atoms with Gasteiger partial charge in [-0.3, -0.25) is 4.79 Å². The summed E-state index contributed by atoms with van der Waals surface area (Å²) < 4.78 is 5.18. The smallest absolute Gasteiger partial charge is 0.310 e. The van der Waals surface area contributed by atoms with Crippen molar-refractivity contribution in [1.29, 1.82) is 5.26 Å². The molecule has 0 atom stereocenters. The molecule has 4 nitrogen and oxygen atoms in total. The van der Waals surface area contributed by atoms with Crippen LogP contribution in [0.15, 0.2) is 16.6 Å². The Bertz CT molecular complexity index is 451. The molecule has 0 saturated heterocycles. The zero-order valence-corrected chi connectivity index (χ0v) is 10.2. The maximum absolute atomic E-state index is 11.2. The van der Waals surface area contributed by atoms with Crippen molar-refractivity contribution in [2.75, 3.05) is 7.11 Å². The number of aliphatic hydroxyl groups excluding tert-OH is 1. The van der Waals surface area contributed by atoms with Crippen LogP contribution in [0.4, 0.5) is 0 Å². The number of methoxy groups -OCH3 is 1. The molecule has 16 heavy (non-hydrogen) atoms. The van der Waals surface area contributed by atoms with Gasteiger partial charge in [-0.05, 0) is 23.3 Å². The standard InChI is InChI=1S/C11H10BrNO3/c1-16-11(15)4-9-8(6-14)2-7(5-13)3-10(9)12/h2-3,14H,4,6H2,1H3. The highest BCUT2D eigenvalue weighted by Crippen LogP contribution is 2.24. The van der Waals surface area contributed by atoms with Crippen molar-refractivity contribution in [3.63, 3.8) is 0 Å². The lowest BCUT2D eigenvalue weighted by molar-refractivity contribution is -0.139. The second-order valence-electron chi connectivity index (χ2n) is 3.12. The second kappa shape index (κ2) is 5.64. The second-order valence-corrected chi connectivity index (χ2v) is 3.97. The van der Waals surface area contributed by atoms with Crippen LogP contribution in [0.25, 0.3) is 0 Å². The van der Waals surface area contributed by atoms with Crippen LogP contribution in [0.2, 0.25) is 0 Å². The molecule has 0 bridgehead atoms. The SMILES string of the molecule is COC(=O)Cc1c(Br)cc(C#N)cc1CO. The van der Waals surface area contributed by atoms with Crippen molar-refractivity contribution in [3.8, 4) is 6.07 Å². The first-order valence-electron chi connectivity index (χ1n) is 4.51. The number of nitrogens with zero attached hydrogens (tertiary/aromatic N) is 1. The Morgan fingerprint density at radius 1 is 1.62 bits per heavy atom. The molecule has 0 aliphatic heterocycles. The van der Waals surface area contributed by atoms with Gasteiger partial charge in [0.2, 0.25) is 0 Å². The molecule has 1 N–H and O–H groups in total. The number of halogens is 1. The van der Waals surface area contributed by atoms with E-state index in [-0.39, 0.29) is 19.0 Å². The minimum absolute atomic E-state index is 0.0681. The van der Waals surface area contributed by atoms with Crippen molar-refractivity contribution >= 4 is 21.9 Å². The molecule has 0 aromatic heterocycles. The molecule has 84 valence electrons. The van der Waals surface area contributed by atoms with Gasteiger partial charge in [0.25, 0.3) is 0 Å². The van der Waals surface area contributed by atoms with E-state index in [4.69, 9.17) is 10.4 Å². The zero-order valence-electron chi connectivity index (χ0n) is 8.66. The van der Waals surface area contributed by atoms with Crippen LogP contribution in [0.3, 0.4) is 0 Å². The molecule has 0 spiro atoms. The lowest BCUT2D eigenvalue weighted by Crippen LogP contribution is -2.08. The summed E-state index contributed by atoms with van der Waals surface area (Å²) in [4.78, 5) is 11.2. The molecule has 5 heteroatoms. The van der Waals surface area contributed by atoms with E-state index in [2.05, 4.69) is 20.7 Å². The van der Waals surface area contributed by atoms with Gasteiger partial charge < -0.3 is 9.84 Å². The van der Waals surface area contributed by atoms with Crippen LogP contribution in [0.1, 0.15) is 16.7 Å². The highest BCUT2D eigenvalue weighted by atomic mass is 79.9. The van der Waals surface area contributed by atoms with Gasteiger partial charge in [-0.2, -0.15) is 5.26 Å². The van der Waals surface area contributed by atoms with Crippen LogP contribution in [0, 0.1) is 11.3 Å². The molecule has 1 rings (SSSR count). The van der Waals surface area contributed by atoms with Crippen LogP contribution < -0.4 is 0 Å². The molecule has 1 aromatic carbocycles. The zero-order chi connectivity index (χ0) is 12.1. The minimum atomic E-state index is -0.389. The number of esters is 1. The van der Waals surface area contributed by atoms with Gasteiger partial charge in [0.05, 0.1) is 31.8 Å². The van der Waals surface area contributed by atoms with Crippen LogP contribution in [-0.2, 0) is 22.6 Å². The lowest BCUT2D eigenvalue weighted by atomic mass is 10.0. The van der Waals surface area contributed by atoms with E-state index in [1.54, 1.807) is 12.1 Å². The van der Waals surface area contributed by atoms with Crippen molar-refractivity contribution in [2.24, 2.45) is 0 Å². The summed E-state index contributed by atoms with van der Waals surface area (Å²) in [5, 5.41) is 17.9. The average Bonchev–Trinajstić information content (AvgIpc) is 2.30. The molecular formula is C11H10BrNO3. The molecule has 0 fully saturated rings. The Hall–Kier alpha value is -1.38. The van der Waals surface area contributed by atoms with Gasteiger partial charge in [-0.15, -0.1) is 0 Å². The summed E-state index contributed by atoms with van der Waals surface area (Å²) in [5.74, 6) is -0.389. The predicted molar refractivity (Wildman–Crippen MR) is 60.5 cm³/mol. The summed E-state index contributed by atoms with van der Waals surface area (Å²) in [5.41, 5.74) is 1.63.